The van der Waals surface area contributed by atoms with E-state index in [1.165, 1.54) is 18.9 Å². The van der Waals surface area contributed by atoms with Crippen LogP contribution in [0, 0.1) is 11.7 Å². The highest BCUT2D eigenvalue weighted by Gasteiger charge is 2.34. The van der Waals surface area contributed by atoms with Gasteiger partial charge < -0.3 is 15.4 Å². The van der Waals surface area contributed by atoms with E-state index in [0.29, 0.717) is 37.4 Å². The van der Waals surface area contributed by atoms with E-state index in [1.807, 2.05) is 6.92 Å². The van der Waals surface area contributed by atoms with Crippen LogP contribution in [0.15, 0.2) is 24.3 Å². The highest BCUT2D eigenvalue weighted by molar-refractivity contribution is 5.85. The zero-order chi connectivity index (χ0) is 16.9. The highest BCUT2D eigenvalue weighted by Crippen LogP contribution is 2.32. The van der Waals surface area contributed by atoms with Crippen LogP contribution in [0.1, 0.15) is 45.4 Å². The summed E-state index contributed by atoms with van der Waals surface area (Å²) < 4.78 is 19.3. The van der Waals surface area contributed by atoms with E-state index in [0.717, 1.165) is 12.8 Å². The highest BCUT2D eigenvalue weighted by atomic mass is 35.5. The summed E-state index contributed by atoms with van der Waals surface area (Å²) in [6.07, 6.45) is 5.79. The fraction of sp³-hybridized carbons (Fsp3) is 0.632. The molecule has 3 rings (SSSR count). The Morgan fingerprint density at radius 2 is 2.00 bits per heavy atom. The Balaban J connectivity index is 0.00000225. The number of benzene rings is 1. The van der Waals surface area contributed by atoms with Gasteiger partial charge in [-0.1, -0.05) is 19.1 Å². The van der Waals surface area contributed by atoms with Gasteiger partial charge in [0, 0.05) is 18.5 Å². The van der Waals surface area contributed by atoms with Crippen LogP contribution in [0.25, 0.3) is 0 Å². The topological polar surface area (TPSA) is 50.4 Å². The van der Waals surface area contributed by atoms with Crippen molar-refractivity contribution in [2.75, 3.05) is 6.54 Å². The summed E-state index contributed by atoms with van der Waals surface area (Å²) >= 11 is 0. The van der Waals surface area contributed by atoms with Crippen LogP contribution in [0.3, 0.4) is 0 Å². The van der Waals surface area contributed by atoms with Crippen LogP contribution in [-0.2, 0) is 4.79 Å². The van der Waals surface area contributed by atoms with Gasteiger partial charge >= 0.3 is 0 Å². The summed E-state index contributed by atoms with van der Waals surface area (Å²) in [4.78, 5) is 12.2. The van der Waals surface area contributed by atoms with E-state index in [2.05, 4.69) is 10.6 Å². The Bertz CT molecular complexity index is 560. The molecule has 2 aliphatic rings. The number of para-hydroxylation sites is 1. The normalized spacial score (nSPS) is 25.8. The lowest BCUT2D eigenvalue weighted by Crippen LogP contribution is -2.41. The number of hydrogen-bond acceptors (Lipinski definition) is 3. The van der Waals surface area contributed by atoms with Gasteiger partial charge in [-0.3, -0.25) is 4.79 Å². The van der Waals surface area contributed by atoms with Gasteiger partial charge in [-0.15, -0.1) is 12.4 Å². The summed E-state index contributed by atoms with van der Waals surface area (Å²) in [7, 11) is 0. The van der Waals surface area contributed by atoms with Crippen LogP contribution in [-0.4, -0.2) is 30.6 Å². The van der Waals surface area contributed by atoms with Gasteiger partial charge in [-0.25, -0.2) is 4.39 Å². The zero-order valence-electron chi connectivity index (χ0n) is 14.7. The van der Waals surface area contributed by atoms with E-state index in [-0.39, 0.29) is 36.0 Å². The van der Waals surface area contributed by atoms with Crippen molar-refractivity contribution >= 4 is 18.3 Å². The molecular formula is C19H28ClFN2O2. The van der Waals surface area contributed by atoms with Gasteiger partial charge in [0.2, 0.25) is 5.91 Å². The predicted octanol–water partition coefficient (Wildman–Crippen LogP) is 3.44. The van der Waals surface area contributed by atoms with Gasteiger partial charge in [0.05, 0.1) is 6.54 Å². The lowest BCUT2D eigenvalue weighted by Gasteiger charge is -2.28. The van der Waals surface area contributed by atoms with Crippen LogP contribution in [0.4, 0.5) is 4.39 Å². The molecule has 3 unspecified atom stereocenters. The Morgan fingerprint density at radius 3 is 2.64 bits per heavy atom. The maximum atomic E-state index is 13.7. The minimum atomic E-state index is -0.368. The van der Waals surface area contributed by atoms with E-state index >= 15 is 0 Å². The van der Waals surface area contributed by atoms with Gasteiger partial charge in [0.15, 0.2) is 11.6 Å². The molecule has 0 aliphatic carbocycles. The average Bonchev–Trinajstić information content (AvgIpc) is 2.91. The van der Waals surface area contributed by atoms with Crippen LogP contribution in [0.5, 0.6) is 5.75 Å². The molecule has 2 bridgehead atoms. The lowest BCUT2D eigenvalue weighted by atomic mass is 9.89. The van der Waals surface area contributed by atoms with E-state index < -0.39 is 0 Å². The van der Waals surface area contributed by atoms with Gasteiger partial charge in [-0.2, -0.15) is 0 Å². The number of carbonyl (C=O) groups is 1. The van der Waals surface area contributed by atoms with Crippen molar-refractivity contribution in [3.05, 3.63) is 30.1 Å². The minimum Gasteiger partial charge on any atom is -0.486 e. The molecular weight excluding hydrogens is 343 g/mol. The summed E-state index contributed by atoms with van der Waals surface area (Å²) in [5.74, 6) is 0.439. The predicted molar refractivity (Wildman–Crippen MR) is 98.7 cm³/mol. The first-order chi connectivity index (χ1) is 11.6. The summed E-state index contributed by atoms with van der Waals surface area (Å²) in [5.41, 5.74) is 0. The number of nitrogens with one attached hydrogen (secondary N) is 2. The second-order valence-electron chi connectivity index (χ2n) is 7.06. The Labute approximate surface area is 155 Å². The van der Waals surface area contributed by atoms with Crippen molar-refractivity contribution in [1.29, 1.82) is 0 Å². The van der Waals surface area contributed by atoms with E-state index in [4.69, 9.17) is 4.74 Å². The molecule has 2 aliphatic heterocycles. The van der Waals surface area contributed by atoms with Crippen LogP contribution >= 0.6 is 12.4 Å². The van der Waals surface area contributed by atoms with E-state index in [1.54, 1.807) is 18.2 Å². The molecule has 0 saturated carbocycles. The SMILES string of the molecule is CCC(CNC(=O)CC1CC2CCC(C1)N2)Oc1ccccc1F.Cl. The number of amides is 1. The molecule has 6 heteroatoms. The number of carbonyl (C=O) groups excluding carboxylic acids is 1. The molecule has 1 amide bonds. The van der Waals surface area contributed by atoms with Crippen molar-refractivity contribution in [2.24, 2.45) is 5.92 Å². The van der Waals surface area contributed by atoms with E-state index in [9.17, 15) is 9.18 Å². The van der Waals surface area contributed by atoms with Crippen molar-refractivity contribution in [2.45, 2.75) is 63.6 Å². The largest absolute Gasteiger partial charge is 0.486 e. The van der Waals surface area contributed by atoms with Crippen molar-refractivity contribution in [3.63, 3.8) is 0 Å². The minimum absolute atomic E-state index is 0. The van der Waals surface area contributed by atoms with Crippen LogP contribution < -0.4 is 15.4 Å². The van der Waals surface area contributed by atoms with Crippen molar-refractivity contribution < 1.29 is 13.9 Å². The summed E-state index contributed by atoms with van der Waals surface area (Å²) in [6, 6.07) is 7.59. The molecule has 2 N–H and O–H groups in total. The molecule has 1 aromatic carbocycles. The van der Waals surface area contributed by atoms with Gasteiger partial charge in [0.25, 0.3) is 0 Å². The summed E-state index contributed by atoms with van der Waals surface area (Å²) in [6.45, 7) is 2.39. The Kier molecular flexibility index (Phi) is 7.51. The first-order valence-corrected chi connectivity index (χ1v) is 9.08. The van der Waals surface area contributed by atoms with Gasteiger partial charge in [-0.05, 0) is 50.2 Å². The quantitative estimate of drug-likeness (QED) is 0.773. The first kappa shape index (κ1) is 20.0. The fourth-order valence-electron chi connectivity index (χ4n) is 3.89. The molecule has 2 heterocycles. The smallest absolute Gasteiger partial charge is 0.220 e. The number of piperidine rings is 1. The van der Waals surface area contributed by atoms with Crippen LogP contribution in [0.2, 0.25) is 0 Å². The molecule has 3 atom stereocenters. The first-order valence-electron chi connectivity index (χ1n) is 9.08. The monoisotopic (exact) mass is 370 g/mol. The lowest BCUT2D eigenvalue weighted by molar-refractivity contribution is -0.122. The molecule has 25 heavy (non-hydrogen) atoms. The van der Waals surface area contributed by atoms with Crippen molar-refractivity contribution in [3.8, 4) is 5.75 Å². The summed E-state index contributed by atoms with van der Waals surface area (Å²) in [5, 5.41) is 6.56. The fourth-order valence-corrected chi connectivity index (χ4v) is 3.89. The molecule has 2 saturated heterocycles. The molecule has 0 aromatic heterocycles. The van der Waals surface area contributed by atoms with Gasteiger partial charge in [0.1, 0.15) is 6.10 Å². The number of hydrogen-bond donors (Lipinski definition) is 2. The molecule has 0 spiro atoms. The maximum absolute atomic E-state index is 13.7. The Morgan fingerprint density at radius 1 is 1.32 bits per heavy atom. The standard InChI is InChI=1S/C19H27FN2O2.ClH/c1-2-16(24-18-6-4-3-5-17(18)20)12-21-19(23)11-13-9-14-7-8-15(10-13)22-14;/h3-6,13-16,22H,2,7-12H2,1H3,(H,21,23);1H. The molecule has 4 nitrogen and oxygen atoms in total. The van der Waals surface area contributed by atoms with Crippen molar-refractivity contribution in [1.82, 2.24) is 10.6 Å². The number of fused-ring (bicyclic) bond motifs is 2. The number of ether oxygens (including phenoxy) is 1. The Hall–Kier alpha value is -1.33. The third-order valence-electron chi connectivity index (χ3n) is 5.16. The average molecular weight is 371 g/mol. The third-order valence-corrected chi connectivity index (χ3v) is 5.16. The molecule has 140 valence electrons. The second-order valence-corrected chi connectivity index (χ2v) is 7.06. The second kappa shape index (κ2) is 9.39. The maximum Gasteiger partial charge on any atom is 0.220 e. The molecule has 1 aromatic rings. The zero-order valence-corrected chi connectivity index (χ0v) is 15.5. The number of halogens is 2. The number of rotatable bonds is 7. The molecule has 0 radical (unpaired) electrons. The third kappa shape index (κ3) is 5.58. The molecule has 2 fully saturated rings.